The first-order valence-electron chi connectivity index (χ1n) is 10.8. The molecule has 0 spiro atoms. The SMILES string of the molecule is CCn1c(CN2CCC[C@@H](C(=O)N3CCN(C(C)=O)CC3)C2)nc2ccccc21. The fraction of sp³-hybridized carbons (Fsp3) is 0.591. The van der Waals surface area contributed by atoms with Gasteiger partial charge in [0.05, 0.1) is 23.5 Å². The average molecular weight is 398 g/mol. The van der Waals surface area contributed by atoms with Gasteiger partial charge in [0, 0.05) is 46.2 Å². The fourth-order valence-electron chi connectivity index (χ4n) is 4.70. The van der Waals surface area contributed by atoms with Crippen molar-refractivity contribution in [3.8, 4) is 0 Å². The Hall–Kier alpha value is -2.41. The number of carbonyl (C=O) groups excluding carboxylic acids is 2. The normalized spacial score (nSPS) is 21.0. The van der Waals surface area contributed by atoms with Crippen molar-refractivity contribution < 1.29 is 9.59 Å². The topological polar surface area (TPSA) is 61.7 Å². The molecule has 1 aromatic heterocycles. The van der Waals surface area contributed by atoms with Gasteiger partial charge >= 0.3 is 0 Å². The predicted octanol–water partition coefficient (Wildman–Crippen LogP) is 1.96. The summed E-state index contributed by atoms with van der Waals surface area (Å²) in [6, 6.07) is 8.27. The van der Waals surface area contributed by atoms with Crippen LogP contribution in [-0.2, 0) is 22.7 Å². The highest BCUT2D eigenvalue weighted by atomic mass is 16.2. The van der Waals surface area contributed by atoms with E-state index >= 15 is 0 Å². The van der Waals surface area contributed by atoms with Crippen molar-refractivity contribution >= 4 is 22.8 Å². The molecule has 2 amide bonds. The number of benzene rings is 1. The Morgan fingerprint density at radius 2 is 1.79 bits per heavy atom. The Labute approximate surface area is 172 Å². The second-order valence-corrected chi connectivity index (χ2v) is 8.17. The lowest BCUT2D eigenvalue weighted by Crippen LogP contribution is -2.53. The van der Waals surface area contributed by atoms with Crippen molar-refractivity contribution in [2.24, 2.45) is 5.92 Å². The monoisotopic (exact) mass is 397 g/mol. The quantitative estimate of drug-likeness (QED) is 0.791. The molecule has 0 saturated carbocycles. The minimum Gasteiger partial charge on any atom is -0.339 e. The van der Waals surface area contributed by atoms with Crippen LogP contribution < -0.4 is 0 Å². The Bertz CT molecular complexity index is 884. The third kappa shape index (κ3) is 4.15. The number of nitrogens with zero attached hydrogens (tertiary/aromatic N) is 5. The van der Waals surface area contributed by atoms with Gasteiger partial charge in [-0.25, -0.2) is 4.98 Å². The summed E-state index contributed by atoms with van der Waals surface area (Å²) in [5.74, 6) is 1.48. The third-order valence-electron chi connectivity index (χ3n) is 6.31. The number of piperidine rings is 1. The summed E-state index contributed by atoms with van der Waals surface area (Å²) < 4.78 is 2.28. The van der Waals surface area contributed by atoms with E-state index in [9.17, 15) is 9.59 Å². The molecule has 1 aromatic carbocycles. The van der Waals surface area contributed by atoms with E-state index in [4.69, 9.17) is 4.98 Å². The Kier molecular flexibility index (Phi) is 5.85. The van der Waals surface area contributed by atoms with Crippen molar-refractivity contribution in [3.63, 3.8) is 0 Å². The number of hydrogen-bond donors (Lipinski definition) is 0. The minimum absolute atomic E-state index is 0.0482. The summed E-state index contributed by atoms with van der Waals surface area (Å²) in [5.41, 5.74) is 2.22. The van der Waals surface area contributed by atoms with Crippen molar-refractivity contribution in [1.82, 2.24) is 24.3 Å². The Balaban J connectivity index is 1.40. The molecule has 2 aromatic rings. The van der Waals surface area contributed by atoms with Gasteiger partial charge in [0.15, 0.2) is 0 Å². The molecule has 7 nitrogen and oxygen atoms in total. The number of aromatic nitrogens is 2. The lowest BCUT2D eigenvalue weighted by atomic mass is 9.96. The molecule has 7 heteroatoms. The van der Waals surface area contributed by atoms with E-state index in [0.29, 0.717) is 26.2 Å². The number of amides is 2. The van der Waals surface area contributed by atoms with Crippen LogP contribution in [0, 0.1) is 5.92 Å². The smallest absolute Gasteiger partial charge is 0.227 e. The lowest BCUT2D eigenvalue weighted by molar-refractivity contribution is -0.142. The van der Waals surface area contributed by atoms with Crippen LogP contribution in [0.2, 0.25) is 0 Å². The van der Waals surface area contributed by atoms with Crippen molar-refractivity contribution in [3.05, 3.63) is 30.1 Å². The molecule has 3 heterocycles. The zero-order valence-corrected chi connectivity index (χ0v) is 17.5. The Morgan fingerprint density at radius 1 is 1.07 bits per heavy atom. The fourth-order valence-corrected chi connectivity index (χ4v) is 4.70. The third-order valence-corrected chi connectivity index (χ3v) is 6.31. The van der Waals surface area contributed by atoms with E-state index in [1.54, 1.807) is 6.92 Å². The summed E-state index contributed by atoms with van der Waals surface area (Å²) in [6.45, 7) is 9.84. The summed E-state index contributed by atoms with van der Waals surface area (Å²) in [5, 5.41) is 0. The lowest BCUT2D eigenvalue weighted by Gasteiger charge is -2.38. The number of imidazole rings is 1. The van der Waals surface area contributed by atoms with Gasteiger partial charge in [-0.3, -0.25) is 14.5 Å². The van der Waals surface area contributed by atoms with Crippen LogP contribution in [0.3, 0.4) is 0 Å². The molecule has 29 heavy (non-hydrogen) atoms. The second kappa shape index (κ2) is 8.53. The summed E-state index contributed by atoms with van der Waals surface area (Å²) in [4.78, 5) is 35.6. The summed E-state index contributed by atoms with van der Waals surface area (Å²) >= 11 is 0. The molecular weight excluding hydrogens is 366 g/mol. The van der Waals surface area contributed by atoms with Crippen molar-refractivity contribution in [2.45, 2.75) is 39.8 Å². The van der Waals surface area contributed by atoms with Gasteiger partial charge in [-0.05, 0) is 38.4 Å². The van der Waals surface area contributed by atoms with Crippen molar-refractivity contribution in [2.75, 3.05) is 39.3 Å². The highest BCUT2D eigenvalue weighted by molar-refractivity contribution is 5.80. The maximum absolute atomic E-state index is 13.1. The molecule has 2 fully saturated rings. The minimum atomic E-state index is 0.0482. The number of fused-ring (bicyclic) bond motifs is 1. The molecule has 4 rings (SSSR count). The maximum Gasteiger partial charge on any atom is 0.227 e. The molecule has 2 aliphatic rings. The van der Waals surface area contributed by atoms with Crippen LogP contribution >= 0.6 is 0 Å². The van der Waals surface area contributed by atoms with E-state index in [2.05, 4.69) is 34.6 Å². The maximum atomic E-state index is 13.1. The first-order valence-corrected chi connectivity index (χ1v) is 10.8. The molecular formula is C22H31N5O2. The van der Waals surface area contributed by atoms with Crippen LogP contribution in [0.25, 0.3) is 11.0 Å². The number of carbonyl (C=O) groups is 2. The number of piperazine rings is 1. The first kappa shape index (κ1) is 19.9. The number of hydrogen-bond acceptors (Lipinski definition) is 4. The molecule has 0 bridgehead atoms. The molecule has 0 aliphatic carbocycles. The summed E-state index contributed by atoms with van der Waals surface area (Å²) in [7, 11) is 0. The van der Waals surface area contributed by atoms with Crippen LogP contribution in [0.5, 0.6) is 0 Å². The second-order valence-electron chi connectivity index (χ2n) is 8.17. The van der Waals surface area contributed by atoms with Crippen molar-refractivity contribution in [1.29, 1.82) is 0 Å². The largest absolute Gasteiger partial charge is 0.339 e. The van der Waals surface area contributed by atoms with Gasteiger partial charge in [-0.15, -0.1) is 0 Å². The number of likely N-dealkylation sites (tertiary alicyclic amines) is 1. The molecule has 2 saturated heterocycles. The van der Waals surface area contributed by atoms with Gasteiger partial charge < -0.3 is 14.4 Å². The van der Waals surface area contributed by atoms with E-state index in [1.807, 2.05) is 15.9 Å². The molecule has 156 valence electrons. The zero-order chi connectivity index (χ0) is 20.4. The van der Waals surface area contributed by atoms with Gasteiger partial charge in [0.25, 0.3) is 0 Å². The highest BCUT2D eigenvalue weighted by Crippen LogP contribution is 2.23. The van der Waals surface area contributed by atoms with Crippen LogP contribution in [0.1, 0.15) is 32.5 Å². The standard InChI is InChI=1S/C22H31N5O2/c1-3-27-20-9-5-4-8-19(20)23-21(27)16-24-10-6-7-18(15-24)22(29)26-13-11-25(12-14-26)17(2)28/h4-5,8-9,18H,3,6-7,10-16H2,1-2H3/t18-/m1/s1. The molecule has 2 aliphatic heterocycles. The van der Waals surface area contributed by atoms with E-state index in [1.165, 1.54) is 5.52 Å². The van der Waals surface area contributed by atoms with Gasteiger partial charge in [0.1, 0.15) is 5.82 Å². The van der Waals surface area contributed by atoms with E-state index in [0.717, 1.165) is 50.4 Å². The predicted molar refractivity (Wildman–Crippen MR) is 112 cm³/mol. The average Bonchev–Trinajstić information content (AvgIpc) is 3.10. The number of para-hydroxylation sites is 2. The van der Waals surface area contributed by atoms with Gasteiger partial charge in [-0.2, -0.15) is 0 Å². The number of aryl methyl sites for hydroxylation is 1. The summed E-state index contributed by atoms with van der Waals surface area (Å²) in [6.07, 6.45) is 1.99. The van der Waals surface area contributed by atoms with E-state index in [-0.39, 0.29) is 17.7 Å². The van der Waals surface area contributed by atoms with Crippen LogP contribution in [0.15, 0.2) is 24.3 Å². The highest BCUT2D eigenvalue weighted by Gasteiger charge is 2.31. The van der Waals surface area contributed by atoms with Gasteiger partial charge in [-0.1, -0.05) is 12.1 Å². The first-order chi connectivity index (χ1) is 14.1. The molecule has 1 atom stereocenters. The van der Waals surface area contributed by atoms with E-state index < -0.39 is 0 Å². The molecule has 0 N–H and O–H groups in total. The Morgan fingerprint density at radius 3 is 2.52 bits per heavy atom. The molecule has 0 unspecified atom stereocenters. The molecule has 0 radical (unpaired) electrons. The van der Waals surface area contributed by atoms with Crippen LogP contribution in [0.4, 0.5) is 0 Å². The van der Waals surface area contributed by atoms with Gasteiger partial charge in [0.2, 0.25) is 11.8 Å². The number of rotatable bonds is 4. The van der Waals surface area contributed by atoms with Crippen LogP contribution in [-0.4, -0.2) is 75.3 Å². The zero-order valence-electron chi connectivity index (χ0n) is 17.5.